The van der Waals surface area contributed by atoms with Gasteiger partial charge in [0.15, 0.2) is 0 Å². The molecule has 5 heteroatoms. The Morgan fingerprint density at radius 1 is 1.26 bits per heavy atom. The second kappa shape index (κ2) is 6.06. The van der Waals surface area contributed by atoms with Crippen LogP contribution >= 0.6 is 0 Å². The van der Waals surface area contributed by atoms with E-state index in [-0.39, 0.29) is 11.9 Å². The molecule has 1 unspecified atom stereocenters. The van der Waals surface area contributed by atoms with Crippen LogP contribution in [-0.2, 0) is 6.54 Å². The highest BCUT2D eigenvalue weighted by Crippen LogP contribution is 2.13. The van der Waals surface area contributed by atoms with E-state index >= 15 is 0 Å². The van der Waals surface area contributed by atoms with Crippen molar-refractivity contribution < 1.29 is 4.79 Å². The van der Waals surface area contributed by atoms with Crippen LogP contribution in [0, 0.1) is 0 Å². The number of nitrogens with two attached hydrogens (primary N) is 1. The van der Waals surface area contributed by atoms with Gasteiger partial charge in [0, 0.05) is 6.54 Å². The van der Waals surface area contributed by atoms with Crippen molar-refractivity contribution in [3.8, 4) is 0 Å². The maximum Gasteiger partial charge on any atom is 0.253 e. The number of carbonyl (C=O) groups is 1. The Kier molecular flexibility index (Phi) is 4.20. The van der Waals surface area contributed by atoms with E-state index in [1.807, 2.05) is 31.2 Å². The Bertz CT molecular complexity index is 539. The molecule has 1 amide bonds. The van der Waals surface area contributed by atoms with E-state index in [1.165, 1.54) is 12.4 Å². The fraction of sp³-hybridized carbons (Fsp3) is 0.214. The van der Waals surface area contributed by atoms with Gasteiger partial charge in [-0.15, -0.1) is 0 Å². The van der Waals surface area contributed by atoms with E-state index in [9.17, 15) is 4.79 Å². The molecule has 0 saturated carbocycles. The van der Waals surface area contributed by atoms with E-state index in [0.717, 1.165) is 11.1 Å². The van der Waals surface area contributed by atoms with Crippen molar-refractivity contribution in [2.75, 3.05) is 0 Å². The minimum atomic E-state index is -0.162. The second-order valence-corrected chi connectivity index (χ2v) is 4.27. The third-order valence-electron chi connectivity index (χ3n) is 2.91. The lowest BCUT2D eigenvalue weighted by Crippen LogP contribution is -2.26. The van der Waals surface area contributed by atoms with Gasteiger partial charge < -0.3 is 11.1 Å². The lowest BCUT2D eigenvalue weighted by molar-refractivity contribution is 0.0939. The second-order valence-electron chi connectivity index (χ2n) is 4.27. The lowest BCUT2D eigenvalue weighted by Gasteiger charge is -2.14. The molecule has 19 heavy (non-hydrogen) atoms. The zero-order valence-corrected chi connectivity index (χ0v) is 10.7. The van der Waals surface area contributed by atoms with Gasteiger partial charge in [0.2, 0.25) is 0 Å². The molecule has 0 radical (unpaired) electrons. The van der Waals surface area contributed by atoms with E-state index in [2.05, 4.69) is 15.5 Å². The van der Waals surface area contributed by atoms with Gasteiger partial charge in [0.05, 0.1) is 24.0 Å². The summed E-state index contributed by atoms with van der Waals surface area (Å²) in [6.45, 7) is 2.45. The summed E-state index contributed by atoms with van der Waals surface area (Å²) in [4.78, 5) is 12.0. The predicted molar refractivity (Wildman–Crippen MR) is 72.2 cm³/mol. The number of amides is 1. The molecule has 1 aromatic carbocycles. The molecule has 0 fully saturated rings. The van der Waals surface area contributed by atoms with Crippen LogP contribution in [0.3, 0.4) is 0 Å². The summed E-state index contributed by atoms with van der Waals surface area (Å²) in [7, 11) is 0. The minimum absolute atomic E-state index is 0.0764. The molecule has 0 bridgehead atoms. The molecule has 1 atom stereocenters. The van der Waals surface area contributed by atoms with Crippen molar-refractivity contribution in [2.45, 2.75) is 19.5 Å². The molecule has 5 nitrogen and oxygen atoms in total. The van der Waals surface area contributed by atoms with Crippen molar-refractivity contribution in [3.05, 3.63) is 59.4 Å². The first kappa shape index (κ1) is 13.2. The summed E-state index contributed by atoms with van der Waals surface area (Å²) in [6.07, 6.45) is 2.94. The number of nitrogens with zero attached hydrogens (tertiary/aromatic N) is 2. The lowest BCUT2D eigenvalue weighted by atomic mass is 10.1. The first-order valence-corrected chi connectivity index (χ1v) is 6.07. The van der Waals surface area contributed by atoms with E-state index < -0.39 is 0 Å². The average molecular weight is 256 g/mol. The number of carbonyl (C=O) groups excluding carboxylic acids is 1. The van der Waals surface area contributed by atoms with Crippen molar-refractivity contribution in [1.29, 1.82) is 0 Å². The van der Waals surface area contributed by atoms with Crippen LogP contribution < -0.4 is 11.1 Å². The molecular weight excluding hydrogens is 240 g/mol. The molecule has 1 heterocycles. The summed E-state index contributed by atoms with van der Waals surface area (Å²) >= 11 is 0. The average Bonchev–Trinajstić information content (AvgIpc) is 2.48. The standard InChI is InChI=1S/C14H16N4O/c1-10(12-4-2-11(8-15)3-5-12)18-14(19)13-6-7-16-17-9-13/h2-7,9-10H,8,15H2,1H3,(H,18,19). The van der Waals surface area contributed by atoms with Gasteiger partial charge in [0.1, 0.15) is 0 Å². The van der Waals surface area contributed by atoms with Crippen LogP contribution in [0.15, 0.2) is 42.7 Å². The van der Waals surface area contributed by atoms with Crippen LogP contribution in [0.2, 0.25) is 0 Å². The zero-order chi connectivity index (χ0) is 13.7. The summed E-state index contributed by atoms with van der Waals surface area (Å²) in [5.74, 6) is -0.162. The summed E-state index contributed by atoms with van der Waals surface area (Å²) in [5, 5.41) is 10.2. The number of rotatable bonds is 4. The third-order valence-corrected chi connectivity index (χ3v) is 2.91. The van der Waals surface area contributed by atoms with Crippen LogP contribution in [0.5, 0.6) is 0 Å². The Balaban J connectivity index is 2.04. The molecule has 0 spiro atoms. The highest BCUT2D eigenvalue weighted by Gasteiger charge is 2.11. The monoisotopic (exact) mass is 256 g/mol. The Morgan fingerprint density at radius 2 is 2.00 bits per heavy atom. The number of aromatic nitrogens is 2. The quantitative estimate of drug-likeness (QED) is 0.867. The molecule has 98 valence electrons. The predicted octanol–water partition coefficient (Wildman–Crippen LogP) is 1.43. The van der Waals surface area contributed by atoms with Crippen molar-refractivity contribution in [3.63, 3.8) is 0 Å². The molecule has 0 aliphatic rings. The number of benzene rings is 1. The van der Waals surface area contributed by atoms with E-state index in [1.54, 1.807) is 6.07 Å². The van der Waals surface area contributed by atoms with Gasteiger partial charge in [-0.2, -0.15) is 10.2 Å². The van der Waals surface area contributed by atoms with Gasteiger partial charge in [-0.1, -0.05) is 24.3 Å². The maximum atomic E-state index is 12.0. The van der Waals surface area contributed by atoms with Crippen LogP contribution in [0.25, 0.3) is 0 Å². The molecule has 0 aliphatic carbocycles. The van der Waals surface area contributed by atoms with Gasteiger partial charge in [-0.25, -0.2) is 0 Å². The number of hydrogen-bond donors (Lipinski definition) is 2. The molecule has 3 N–H and O–H groups in total. The molecule has 2 aromatic rings. The molecular formula is C14H16N4O. The van der Waals surface area contributed by atoms with Gasteiger partial charge >= 0.3 is 0 Å². The van der Waals surface area contributed by atoms with Crippen molar-refractivity contribution in [2.24, 2.45) is 5.73 Å². The van der Waals surface area contributed by atoms with Crippen LogP contribution in [-0.4, -0.2) is 16.1 Å². The SMILES string of the molecule is CC(NC(=O)c1ccnnc1)c1ccc(CN)cc1. The summed E-state index contributed by atoms with van der Waals surface area (Å²) in [6, 6.07) is 9.42. The van der Waals surface area contributed by atoms with Crippen molar-refractivity contribution in [1.82, 2.24) is 15.5 Å². The molecule has 0 aliphatic heterocycles. The zero-order valence-electron chi connectivity index (χ0n) is 10.7. The normalized spacial score (nSPS) is 11.9. The van der Waals surface area contributed by atoms with Gasteiger partial charge in [-0.05, 0) is 24.1 Å². The summed E-state index contributed by atoms with van der Waals surface area (Å²) in [5.41, 5.74) is 8.16. The van der Waals surface area contributed by atoms with Crippen LogP contribution in [0.4, 0.5) is 0 Å². The highest BCUT2D eigenvalue weighted by molar-refractivity contribution is 5.93. The largest absolute Gasteiger partial charge is 0.345 e. The Hall–Kier alpha value is -2.27. The Labute approximate surface area is 111 Å². The highest BCUT2D eigenvalue weighted by atomic mass is 16.1. The first-order chi connectivity index (χ1) is 9.20. The van der Waals surface area contributed by atoms with Gasteiger partial charge in [-0.3, -0.25) is 4.79 Å². The first-order valence-electron chi connectivity index (χ1n) is 6.07. The fourth-order valence-corrected chi connectivity index (χ4v) is 1.73. The van der Waals surface area contributed by atoms with Crippen LogP contribution in [0.1, 0.15) is 34.5 Å². The fourth-order valence-electron chi connectivity index (χ4n) is 1.73. The minimum Gasteiger partial charge on any atom is -0.345 e. The smallest absolute Gasteiger partial charge is 0.253 e. The molecule has 2 rings (SSSR count). The molecule has 0 saturated heterocycles. The van der Waals surface area contributed by atoms with E-state index in [0.29, 0.717) is 12.1 Å². The number of hydrogen-bond acceptors (Lipinski definition) is 4. The topological polar surface area (TPSA) is 80.9 Å². The molecule has 1 aromatic heterocycles. The van der Waals surface area contributed by atoms with Gasteiger partial charge in [0.25, 0.3) is 5.91 Å². The number of nitrogens with one attached hydrogen (secondary N) is 1. The van der Waals surface area contributed by atoms with E-state index in [4.69, 9.17) is 5.73 Å². The third kappa shape index (κ3) is 3.35. The van der Waals surface area contributed by atoms with Crippen molar-refractivity contribution >= 4 is 5.91 Å². The summed E-state index contributed by atoms with van der Waals surface area (Å²) < 4.78 is 0. The maximum absolute atomic E-state index is 12.0. The Morgan fingerprint density at radius 3 is 2.58 bits per heavy atom.